The number of ether oxygens (including phenoxy) is 1. The van der Waals surface area contributed by atoms with Crippen LogP contribution >= 0.6 is 0 Å². The first-order valence-electron chi connectivity index (χ1n) is 7.72. The van der Waals surface area contributed by atoms with Gasteiger partial charge >= 0.3 is 5.97 Å². The number of rotatable bonds is 8. The molecule has 0 aliphatic rings. The zero-order valence-electron chi connectivity index (χ0n) is 13.9. The van der Waals surface area contributed by atoms with Gasteiger partial charge in [-0.05, 0) is 37.1 Å². The van der Waals surface area contributed by atoms with E-state index in [2.05, 4.69) is 5.16 Å². The predicted molar refractivity (Wildman–Crippen MR) is 92.6 cm³/mol. The molecule has 0 fully saturated rings. The van der Waals surface area contributed by atoms with Crippen molar-refractivity contribution in [3.05, 3.63) is 65.2 Å². The third kappa shape index (κ3) is 5.76. The van der Waals surface area contributed by atoms with Gasteiger partial charge in [-0.3, -0.25) is 4.79 Å². The van der Waals surface area contributed by atoms with Crippen LogP contribution in [0.3, 0.4) is 0 Å². The fourth-order valence-electron chi connectivity index (χ4n) is 2.11. The van der Waals surface area contributed by atoms with Crippen molar-refractivity contribution in [2.45, 2.75) is 20.3 Å². The number of hydrogen-bond acceptors (Lipinski definition) is 4. The molecule has 2 aromatic carbocycles. The summed E-state index contributed by atoms with van der Waals surface area (Å²) in [5, 5.41) is 12.9. The molecule has 0 radical (unpaired) electrons. The van der Waals surface area contributed by atoms with E-state index < -0.39 is 5.97 Å². The molecule has 5 nitrogen and oxygen atoms in total. The molecule has 0 atom stereocenters. The van der Waals surface area contributed by atoms with Gasteiger partial charge in [0.05, 0.1) is 12.1 Å². The molecule has 0 saturated heterocycles. The van der Waals surface area contributed by atoms with Crippen molar-refractivity contribution in [1.29, 1.82) is 0 Å². The van der Waals surface area contributed by atoms with Gasteiger partial charge in [0.2, 0.25) is 0 Å². The number of benzene rings is 2. The van der Waals surface area contributed by atoms with Gasteiger partial charge in [-0.2, -0.15) is 0 Å². The highest BCUT2D eigenvalue weighted by Crippen LogP contribution is 2.13. The van der Waals surface area contributed by atoms with Crippen LogP contribution in [-0.2, 0) is 16.1 Å². The highest BCUT2D eigenvalue weighted by Gasteiger charge is 2.02. The molecule has 24 heavy (non-hydrogen) atoms. The predicted octanol–water partition coefficient (Wildman–Crippen LogP) is 3.44. The minimum atomic E-state index is -0.864. The van der Waals surface area contributed by atoms with Crippen LogP contribution in [0.25, 0.3) is 0 Å². The maximum atomic E-state index is 10.7. The van der Waals surface area contributed by atoms with Crippen molar-refractivity contribution in [1.82, 2.24) is 0 Å². The van der Waals surface area contributed by atoms with Crippen molar-refractivity contribution < 1.29 is 19.5 Å². The average Bonchev–Trinajstić information content (AvgIpc) is 2.55. The molecule has 1 N–H and O–H groups in total. The zero-order chi connectivity index (χ0) is 17.4. The lowest BCUT2D eigenvalue weighted by molar-refractivity contribution is -0.136. The molecule has 0 bridgehead atoms. The third-order valence-corrected chi connectivity index (χ3v) is 3.37. The minimum Gasteiger partial charge on any atom is -0.490 e. The minimum absolute atomic E-state index is 0.0201. The van der Waals surface area contributed by atoms with E-state index in [9.17, 15) is 4.79 Å². The van der Waals surface area contributed by atoms with E-state index in [1.165, 1.54) is 5.56 Å². The molecule has 0 amide bonds. The van der Waals surface area contributed by atoms with Crippen LogP contribution in [0.1, 0.15) is 23.6 Å². The van der Waals surface area contributed by atoms with Crippen LogP contribution in [0, 0.1) is 6.92 Å². The van der Waals surface area contributed by atoms with E-state index in [1.54, 1.807) is 24.3 Å². The number of aliphatic carboxylic acids is 1. The molecule has 0 aromatic heterocycles. The number of nitrogens with zero attached hydrogens (tertiary/aromatic N) is 1. The van der Waals surface area contributed by atoms with Crippen molar-refractivity contribution in [3.8, 4) is 5.75 Å². The molecule has 5 heteroatoms. The Morgan fingerprint density at radius 3 is 2.58 bits per heavy atom. The van der Waals surface area contributed by atoms with Gasteiger partial charge < -0.3 is 14.7 Å². The summed E-state index contributed by atoms with van der Waals surface area (Å²) in [4.78, 5) is 16.0. The quantitative estimate of drug-likeness (QED) is 0.458. The van der Waals surface area contributed by atoms with Gasteiger partial charge in [0.1, 0.15) is 12.4 Å². The Hall–Kier alpha value is -2.82. The summed E-state index contributed by atoms with van der Waals surface area (Å²) < 4.78 is 5.54. The summed E-state index contributed by atoms with van der Waals surface area (Å²) >= 11 is 0. The van der Waals surface area contributed by atoms with E-state index in [0.29, 0.717) is 24.5 Å². The van der Waals surface area contributed by atoms with Crippen LogP contribution in [0.5, 0.6) is 5.75 Å². The van der Waals surface area contributed by atoms with Gasteiger partial charge in [0.25, 0.3) is 0 Å². The molecule has 126 valence electrons. The monoisotopic (exact) mass is 327 g/mol. The fourth-order valence-corrected chi connectivity index (χ4v) is 2.11. The Kier molecular flexibility index (Phi) is 6.37. The molecule has 0 aliphatic heterocycles. The van der Waals surface area contributed by atoms with Crippen molar-refractivity contribution in [2.24, 2.45) is 5.16 Å². The van der Waals surface area contributed by atoms with Gasteiger partial charge in [-0.25, -0.2) is 0 Å². The van der Waals surface area contributed by atoms with E-state index in [0.717, 1.165) is 11.3 Å². The van der Waals surface area contributed by atoms with Gasteiger partial charge in [-0.1, -0.05) is 47.1 Å². The van der Waals surface area contributed by atoms with Gasteiger partial charge in [0.15, 0.2) is 6.61 Å². The first-order chi connectivity index (χ1) is 11.5. The number of hydrogen-bond donors (Lipinski definition) is 1. The lowest BCUT2D eigenvalue weighted by atomic mass is 10.1. The Morgan fingerprint density at radius 1 is 1.12 bits per heavy atom. The van der Waals surface area contributed by atoms with Crippen molar-refractivity contribution >= 4 is 11.7 Å². The van der Waals surface area contributed by atoms with Crippen LogP contribution in [0.15, 0.2) is 53.7 Å². The topological polar surface area (TPSA) is 68.1 Å². The average molecular weight is 327 g/mol. The second-order valence-electron chi connectivity index (χ2n) is 5.44. The van der Waals surface area contributed by atoms with Crippen molar-refractivity contribution in [3.63, 3.8) is 0 Å². The molecule has 0 heterocycles. The molecule has 2 rings (SSSR count). The summed E-state index contributed by atoms with van der Waals surface area (Å²) in [5.41, 5.74) is 3.72. The maximum Gasteiger partial charge on any atom is 0.307 e. The largest absolute Gasteiger partial charge is 0.490 e. The Morgan fingerprint density at radius 2 is 1.88 bits per heavy atom. The maximum absolute atomic E-state index is 10.7. The Balaban J connectivity index is 1.77. The molecular weight excluding hydrogens is 306 g/mol. The molecule has 0 saturated carbocycles. The fraction of sp³-hybridized carbons (Fsp3) is 0.263. The summed E-state index contributed by atoms with van der Waals surface area (Å²) in [6.07, 6.45) is -0.0201. The number of carbonyl (C=O) groups is 1. The molecule has 2 aromatic rings. The molecule has 0 unspecified atom stereocenters. The highest BCUT2D eigenvalue weighted by atomic mass is 16.6. The molecule has 0 spiro atoms. The normalized spacial score (nSPS) is 11.2. The Labute approximate surface area is 141 Å². The van der Waals surface area contributed by atoms with Crippen molar-refractivity contribution in [2.75, 3.05) is 13.2 Å². The number of aryl methyl sites for hydroxylation is 1. The van der Waals surface area contributed by atoms with E-state index in [-0.39, 0.29) is 6.42 Å². The lowest BCUT2D eigenvalue weighted by Gasteiger charge is -2.07. The van der Waals surface area contributed by atoms with E-state index >= 15 is 0 Å². The van der Waals surface area contributed by atoms with Gasteiger partial charge in [-0.15, -0.1) is 0 Å². The molecule has 0 aliphatic carbocycles. The number of oxime groups is 1. The number of carboxylic acids is 1. The SMILES string of the molecule is C/C(=N\OCCOc1cccc(CC(=O)O)c1)c1ccc(C)cc1. The van der Waals surface area contributed by atoms with Crippen LogP contribution < -0.4 is 4.74 Å². The summed E-state index contributed by atoms with van der Waals surface area (Å²) in [6.45, 7) is 4.57. The van der Waals surface area contributed by atoms with Gasteiger partial charge in [0, 0.05) is 0 Å². The first-order valence-corrected chi connectivity index (χ1v) is 7.72. The summed E-state index contributed by atoms with van der Waals surface area (Å²) in [5.74, 6) is -0.243. The smallest absolute Gasteiger partial charge is 0.307 e. The standard InChI is InChI=1S/C19H21NO4/c1-14-6-8-17(9-7-14)15(2)20-24-11-10-23-18-5-3-4-16(12-18)13-19(21)22/h3-9,12H,10-11,13H2,1-2H3,(H,21,22)/b20-15+. The highest BCUT2D eigenvalue weighted by molar-refractivity contribution is 5.98. The zero-order valence-corrected chi connectivity index (χ0v) is 13.9. The van der Waals surface area contributed by atoms with Crippen LogP contribution in [0.2, 0.25) is 0 Å². The Bertz CT molecular complexity index is 708. The van der Waals surface area contributed by atoms with Crippen LogP contribution in [0.4, 0.5) is 0 Å². The third-order valence-electron chi connectivity index (χ3n) is 3.37. The second kappa shape index (κ2) is 8.72. The van der Waals surface area contributed by atoms with E-state index in [4.69, 9.17) is 14.7 Å². The summed E-state index contributed by atoms with van der Waals surface area (Å²) in [7, 11) is 0. The molecular formula is C19H21NO4. The number of carboxylic acid groups (broad SMARTS) is 1. The second-order valence-corrected chi connectivity index (χ2v) is 5.44. The van der Waals surface area contributed by atoms with Crippen LogP contribution in [-0.4, -0.2) is 30.0 Å². The summed E-state index contributed by atoms with van der Waals surface area (Å²) in [6, 6.07) is 15.1. The van der Waals surface area contributed by atoms with E-state index in [1.807, 2.05) is 38.1 Å². The first kappa shape index (κ1) is 17.5. The lowest BCUT2D eigenvalue weighted by Crippen LogP contribution is -2.06.